The van der Waals surface area contributed by atoms with Crippen LogP contribution in [0.15, 0.2) is 22.8 Å². The first-order chi connectivity index (χ1) is 9.16. The van der Waals surface area contributed by atoms with Crippen LogP contribution in [0.1, 0.15) is 29.8 Å². The molecule has 6 heteroatoms. The van der Waals surface area contributed by atoms with Gasteiger partial charge in [0.25, 0.3) is 5.91 Å². The van der Waals surface area contributed by atoms with Gasteiger partial charge >= 0.3 is 0 Å². The molecule has 1 aromatic heterocycles. The number of piperidine rings is 1. The van der Waals surface area contributed by atoms with Gasteiger partial charge in [0, 0.05) is 32.1 Å². The molecule has 2 heterocycles. The number of furan rings is 1. The molecule has 19 heavy (non-hydrogen) atoms. The van der Waals surface area contributed by atoms with Crippen LogP contribution in [-0.4, -0.2) is 42.4 Å². The van der Waals surface area contributed by atoms with Crippen LogP contribution in [0.25, 0.3) is 0 Å². The maximum absolute atomic E-state index is 11.9. The highest BCUT2D eigenvalue weighted by Gasteiger charge is 2.20. The molecule has 1 fully saturated rings. The maximum atomic E-state index is 11.9. The first kappa shape index (κ1) is 13.6. The molecule has 0 saturated carbocycles. The third-order valence-corrected chi connectivity index (χ3v) is 3.18. The van der Waals surface area contributed by atoms with E-state index in [-0.39, 0.29) is 23.6 Å². The largest absolute Gasteiger partial charge is 0.459 e. The number of nitrogens with zero attached hydrogens (tertiary/aromatic N) is 1. The van der Waals surface area contributed by atoms with E-state index in [0.717, 1.165) is 19.4 Å². The fourth-order valence-electron chi connectivity index (χ4n) is 2.17. The molecule has 1 aliphatic rings. The third-order valence-electron chi connectivity index (χ3n) is 3.18. The molecular weight excluding hydrogens is 246 g/mol. The van der Waals surface area contributed by atoms with Crippen LogP contribution in [-0.2, 0) is 4.79 Å². The molecule has 0 bridgehead atoms. The van der Waals surface area contributed by atoms with E-state index in [4.69, 9.17) is 10.2 Å². The van der Waals surface area contributed by atoms with Crippen molar-refractivity contribution < 1.29 is 14.0 Å². The van der Waals surface area contributed by atoms with E-state index >= 15 is 0 Å². The number of hydrogen-bond acceptors (Lipinski definition) is 4. The lowest BCUT2D eigenvalue weighted by molar-refractivity contribution is -0.132. The summed E-state index contributed by atoms with van der Waals surface area (Å²) >= 11 is 0. The van der Waals surface area contributed by atoms with Gasteiger partial charge in [-0.25, -0.2) is 0 Å². The molecule has 1 aromatic rings. The van der Waals surface area contributed by atoms with E-state index in [1.165, 1.54) is 6.26 Å². The summed E-state index contributed by atoms with van der Waals surface area (Å²) in [5, 5.41) is 2.65. The normalized spacial score (nSPS) is 19.2. The molecule has 3 N–H and O–H groups in total. The van der Waals surface area contributed by atoms with Gasteiger partial charge in [0.2, 0.25) is 5.91 Å². The second-order valence-electron chi connectivity index (χ2n) is 4.73. The highest BCUT2D eigenvalue weighted by molar-refractivity contribution is 5.91. The van der Waals surface area contributed by atoms with E-state index in [0.29, 0.717) is 19.5 Å². The summed E-state index contributed by atoms with van der Waals surface area (Å²) < 4.78 is 4.96. The summed E-state index contributed by atoms with van der Waals surface area (Å²) in [6, 6.07) is 3.31. The van der Waals surface area contributed by atoms with Crippen molar-refractivity contribution in [2.24, 2.45) is 5.73 Å². The molecule has 0 aromatic carbocycles. The summed E-state index contributed by atoms with van der Waals surface area (Å²) in [4.78, 5) is 25.2. The zero-order valence-electron chi connectivity index (χ0n) is 10.8. The van der Waals surface area contributed by atoms with Crippen LogP contribution in [0.4, 0.5) is 0 Å². The second kappa shape index (κ2) is 6.38. The summed E-state index contributed by atoms with van der Waals surface area (Å²) in [6.07, 6.45) is 3.65. The standard InChI is InChI=1S/C13H19N3O3/c14-10-3-1-7-16(9-10)12(17)5-6-15-13(18)11-4-2-8-19-11/h2,4,8,10H,1,3,5-7,9,14H2,(H,15,18). The van der Waals surface area contributed by atoms with Gasteiger partial charge in [0.15, 0.2) is 5.76 Å². The van der Waals surface area contributed by atoms with Gasteiger partial charge in [-0.15, -0.1) is 0 Å². The number of hydrogen-bond donors (Lipinski definition) is 2. The number of rotatable bonds is 4. The Hall–Kier alpha value is -1.82. The van der Waals surface area contributed by atoms with Crippen LogP contribution < -0.4 is 11.1 Å². The second-order valence-corrected chi connectivity index (χ2v) is 4.73. The van der Waals surface area contributed by atoms with Crippen molar-refractivity contribution in [2.75, 3.05) is 19.6 Å². The monoisotopic (exact) mass is 265 g/mol. The Morgan fingerprint density at radius 2 is 2.37 bits per heavy atom. The smallest absolute Gasteiger partial charge is 0.286 e. The minimum Gasteiger partial charge on any atom is -0.459 e. The van der Waals surface area contributed by atoms with Crippen molar-refractivity contribution in [3.63, 3.8) is 0 Å². The topological polar surface area (TPSA) is 88.6 Å². The van der Waals surface area contributed by atoms with Crippen molar-refractivity contribution in [3.8, 4) is 0 Å². The molecule has 0 radical (unpaired) electrons. The third kappa shape index (κ3) is 3.82. The highest BCUT2D eigenvalue weighted by Crippen LogP contribution is 2.09. The number of nitrogens with one attached hydrogen (secondary N) is 1. The zero-order chi connectivity index (χ0) is 13.7. The minimum atomic E-state index is -0.298. The van der Waals surface area contributed by atoms with Crippen LogP contribution in [0.3, 0.4) is 0 Å². The van der Waals surface area contributed by atoms with Gasteiger partial charge in [-0.05, 0) is 25.0 Å². The van der Waals surface area contributed by atoms with Gasteiger partial charge in [0.05, 0.1) is 6.26 Å². The average Bonchev–Trinajstić information content (AvgIpc) is 2.92. The summed E-state index contributed by atoms with van der Waals surface area (Å²) in [6.45, 7) is 1.69. The molecule has 1 atom stereocenters. The number of likely N-dealkylation sites (tertiary alicyclic amines) is 1. The summed E-state index contributed by atoms with van der Waals surface area (Å²) in [7, 11) is 0. The van der Waals surface area contributed by atoms with Crippen LogP contribution in [0, 0.1) is 0 Å². The van der Waals surface area contributed by atoms with E-state index in [1.807, 2.05) is 0 Å². The lowest BCUT2D eigenvalue weighted by Crippen LogP contribution is -2.46. The van der Waals surface area contributed by atoms with Gasteiger partial charge in [-0.2, -0.15) is 0 Å². The molecule has 104 valence electrons. The maximum Gasteiger partial charge on any atom is 0.286 e. The quantitative estimate of drug-likeness (QED) is 0.822. The van der Waals surface area contributed by atoms with E-state index < -0.39 is 0 Å². The lowest BCUT2D eigenvalue weighted by Gasteiger charge is -2.30. The van der Waals surface area contributed by atoms with Crippen LogP contribution in [0.5, 0.6) is 0 Å². The zero-order valence-corrected chi connectivity index (χ0v) is 10.8. The first-order valence-corrected chi connectivity index (χ1v) is 6.52. The van der Waals surface area contributed by atoms with Crippen LogP contribution in [0.2, 0.25) is 0 Å². The highest BCUT2D eigenvalue weighted by atomic mass is 16.3. The molecule has 0 aliphatic carbocycles. The summed E-state index contributed by atoms with van der Waals surface area (Å²) in [5.41, 5.74) is 5.83. The van der Waals surface area contributed by atoms with Crippen LogP contribution >= 0.6 is 0 Å². The number of carbonyl (C=O) groups is 2. The van der Waals surface area contributed by atoms with Gasteiger partial charge < -0.3 is 20.4 Å². The van der Waals surface area contributed by atoms with Crippen molar-refractivity contribution >= 4 is 11.8 Å². The van der Waals surface area contributed by atoms with Gasteiger partial charge in [-0.1, -0.05) is 0 Å². The lowest BCUT2D eigenvalue weighted by atomic mass is 10.1. The predicted molar refractivity (Wildman–Crippen MR) is 69.4 cm³/mol. The molecule has 6 nitrogen and oxygen atoms in total. The Balaban J connectivity index is 1.70. The molecule has 1 aliphatic heterocycles. The van der Waals surface area contributed by atoms with Crippen molar-refractivity contribution in [2.45, 2.75) is 25.3 Å². The Morgan fingerprint density at radius 3 is 3.05 bits per heavy atom. The fraction of sp³-hybridized carbons (Fsp3) is 0.538. The van der Waals surface area contributed by atoms with Gasteiger partial charge in [0.1, 0.15) is 0 Å². The van der Waals surface area contributed by atoms with E-state index in [2.05, 4.69) is 5.32 Å². The Kier molecular flexibility index (Phi) is 4.57. The minimum absolute atomic E-state index is 0.0369. The van der Waals surface area contributed by atoms with Crippen molar-refractivity contribution in [3.05, 3.63) is 24.2 Å². The molecule has 2 rings (SSSR count). The molecular formula is C13H19N3O3. The van der Waals surface area contributed by atoms with Crippen molar-refractivity contribution in [1.82, 2.24) is 10.2 Å². The molecule has 2 amide bonds. The number of nitrogens with two attached hydrogens (primary N) is 1. The SMILES string of the molecule is NC1CCCN(C(=O)CCNC(=O)c2ccco2)C1. The first-order valence-electron chi connectivity index (χ1n) is 6.52. The fourth-order valence-corrected chi connectivity index (χ4v) is 2.17. The Morgan fingerprint density at radius 1 is 1.53 bits per heavy atom. The molecule has 1 unspecified atom stereocenters. The molecule has 1 saturated heterocycles. The summed E-state index contributed by atoms with van der Waals surface area (Å²) in [5.74, 6) is -0.00418. The Labute approximate surface area is 111 Å². The van der Waals surface area contributed by atoms with E-state index in [9.17, 15) is 9.59 Å². The number of amides is 2. The molecule has 0 spiro atoms. The van der Waals surface area contributed by atoms with Gasteiger partial charge in [-0.3, -0.25) is 9.59 Å². The van der Waals surface area contributed by atoms with Crippen molar-refractivity contribution in [1.29, 1.82) is 0 Å². The van der Waals surface area contributed by atoms with E-state index in [1.54, 1.807) is 17.0 Å². The Bertz CT molecular complexity index is 430. The number of carbonyl (C=O) groups excluding carboxylic acids is 2. The average molecular weight is 265 g/mol. The predicted octanol–water partition coefficient (Wildman–Crippen LogP) is 0.349.